The quantitative estimate of drug-likeness (QED) is 0.166. The maximum Gasteiger partial charge on any atom is 0.164 e. The van der Waals surface area contributed by atoms with E-state index in [9.17, 15) is 5.48 Å². The zero-order valence-electron chi connectivity index (χ0n) is 35.2. The van der Waals surface area contributed by atoms with Crippen molar-refractivity contribution in [2.24, 2.45) is 0 Å². The van der Waals surface area contributed by atoms with Gasteiger partial charge in [0.05, 0.1) is 8.22 Å². The Kier molecular flexibility index (Phi) is 6.04. The predicted octanol–water partition coefficient (Wildman–Crippen LogP) is 14.0. The lowest BCUT2D eigenvalue weighted by atomic mass is 9.92. The van der Waals surface area contributed by atoms with E-state index in [2.05, 4.69) is 24.3 Å². The van der Waals surface area contributed by atoms with Gasteiger partial charge in [0, 0.05) is 36.9 Å². The van der Waals surface area contributed by atoms with Crippen LogP contribution in [0.15, 0.2) is 188 Å². The minimum absolute atomic E-state index is 0.00222. The molecule has 0 spiro atoms. The normalized spacial score (nSPS) is 13.2. The van der Waals surface area contributed by atoms with Gasteiger partial charge in [0.1, 0.15) is 0 Å². The van der Waals surface area contributed by atoms with E-state index >= 15 is 0 Å². The van der Waals surface area contributed by atoms with Crippen LogP contribution in [0.1, 0.15) is 8.22 Å². The second-order valence-electron chi connectivity index (χ2n) is 13.5. The third kappa shape index (κ3) is 5.38. The summed E-state index contributed by atoms with van der Waals surface area (Å²) in [5.41, 5.74) is 4.50. The van der Waals surface area contributed by atoms with Crippen LogP contribution < -0.4 is 0 Å². The van der Waals surface area contributed by atoms with Gasteiger partial charge in [0.15, 0.2) is 17.5 Å². The molecule has 0 aliphatic heterocycles. The van der Waals surface area contributed by atoms with Gasteiger partial charge in [0.25, 0.3) is 0 Å². The summed E-state index contributed by atoms with van der Waals surface area (Å²) in [4.78, 5) is 14.9. The van der Waals surface area contributed by atoms with Gasteiger partial charge in [0.2, 0.25) is 0 Å². The second kappa shape index (κ2) is 12.8. The van der Waals surface area contributed by atoms with Gasteiger partial charge < -0.3 is 0 Å². The number of rotatable bonds is 5. The Morgan fingerprint density at radius 1 is 0.364 bits per heavy atom. The van der Waals surface area contributed by atoms with Crippen LogP contribution in [0.5, 0.6) is 0 Å². The number of nitrogens with zero attached hydrogens (tertiary/aromatic N) is 3. The molecule has 0 saturated heterocycles. The maximum absolute atomic E-state index is 9.91. The molecule has 4 heteroatoms. The summed E-state index contributed by atoms with van der Waals surface area (Å²) < 4.78 is 56.9. The van der Waals surface area contributed by atoms with E-state index in [0.29, 0.717) is 37.4 Å². The molecule has 9 aromatic carbocycles. The molecular weight excluding hydrogens is 687 g/mol. The summed E-state index contributed by atoms with van der Waals surface area (Å²) in [7, 11) is 0. The minimum atomic E-state index is -0.318. The zero-order chi connectivity index (χ0) is 41.5. The van der Waals surface area contributed by atoms with Crippen LogP contribution >= 0.6 is 11.3 Å². The molecule has 0 saturated carbocycles. The molecule has 3 nitrogen and oxygen atoms in total. The molecule has 0 bridgehead atoms. The molecule has 0 unspecified atom stereocenters. The number of aromatic nitrogens is 3. The predicted molar refractivity (Wildman–Crippen MR) is 232 cm³/mol. The first-order chi connectivity index (χ1) is 29.8. The lowest BCUT2D eigenvalue weighted by molar-refractivity contribution is 1.08. The summed E-state index contributed by atoms with van der Waals surface area (Å²) in [5, 5.41) is 7.06. The third-order valence-corrected chi connectivity index (χ3v) is 11.2. The Balaban J connectivity index is 1.20. The van der Waals surface area contributed by atoms with Gasteiger partial charge in [-0.2, -0.15) is 0 Å². The summed E-state index contributed by atoms with van der Waals surface area (Å²) in [6, 6.07) is 48.9. The monoisotopic (exact) mass is 723 g/mol. The molecule has 2 aromatic heterocycles. The van der Waals surface area contributed by atoms with Crippen molar-refractivity contribution < 1.29 is 8.22 Å². The van der Waals surface area contributed by atoms with Gasteiger partial charge in [-0.25, -0.2) is 15.0 Å². The standard InChI is InChI=1S/C51H31N3S/c1-3-13-32(14-4-1)34-17-11-18-37(29-34)50-52-49(33-15-5-2-6-16-33)53-51(54-50)43-23-12-24-47-48(43)45-31-36(26-28-46(45)55-47)35-25-27-42-40-21-8-7-19-38(40)39-20-9-10-22-41(39)44(42)30-35/h1-31H/i12D,23D,24D,26D,28D,31D. The van der Waals surface area contributed by atoms with E-state index in [1.807, 2.05) is 127 Å². The molecule has 0 aliphatic rings. The third-order valence-electron chi connectivity index (χ3n) is 10.2. The van der Waals surface area contributed by atoms with Crippen molar-refractivity contribution in [3.8, 4) is 56.4 Å². The molecule has 11 aromatic rings. The van der Waals surface area contributed by atoms with Gasteiger partial charge >= 0.3 is 0 Å². The molecule has 0 fully saturated rings. The fraction of sp³-hybridized carbons (Fsp3) is 0. The first kappa shape index (κ1) is 25.9. The average molecular weight is 724 g/mol. The molecule has 256 valence electrons. The molecule has 0 N–H and O–H groups in total. The van der Waals surface area contributed by atoms with Crippen LogP contribution in [-0.4, -0.2) is 15.0 Å². The Hall–Kier alpha value is -7.01. The van der Waals surface area contributed by atoms with E-state index in [1.165, 1.54) is 0 Å². The second-order valence-corrected chi connectivity index (χ2v) is 14.5. The van der Waals surface area contributed by atoms with Crippen LogP contribution in [0, 0.1) is 0 Å². The van der Waals surface area contributed by atoms with Crippen LogP contribution in [-0.2, 0) is 0 Å². The lowest BCUT2D eigenvalue weighted by Gasteiger charge is -2.12. The Labute approximate surface area is 330 Å². The number of thiophene rings is 1. The smallest absolute Gasteiger partial charge is 0.164 e. The van der Waals surface area contributed by atoms with Crippen molar-refractivity contribution in [1.29, 1.82) is 0 Å². The molecule has 0 aliphatic carbocycles. The van der Waals surface area contributed by atoms with E-state index in [-0.39, 0.29) is 53.2 Å². The molecule has 0 radical (unpaired) electrons. The molecule has 55 heavy (non-hydrogen) atoms. The SMILES string of the molecule is [2H]c1c(-c2ccc3c4ccccc4c4ccccc4c3c2)c([2H])c2c(sc3c([2H])c([2H])c([2H])c(-c4nc(-c5ccccc5)nc(-c5cccc(-c6ccccc6)c5)n4)c32)c1[2H]. The zero-order valence-corrected chi connectivity index (χ0v) is 30.0. The first-order valence-corrected chi connectivity index (χ1v) is 18.9. The van der Waals surface area contributed by atoms with Crippen molar-refractivity contribution in [3.05, 3.63) is 188 Å². The van der Waals surface area contributed by atoms with Crippen molar-refractivity contribution in [2.75, 3.05) is 0 Å². The largest absolute Gasteiger partial charge is 0.208 e. The Bertz CT molecular complexity index is 3580. The van der Waals surface area contributed by atoms with Crippen LogP contribution in [0.4, 0.5) is 0 Å². The van der Waals surface area contributed by atoms with Gasteiger partial charge in [-0.15, -0.1) is 11.3 Å². The number of benzene rings is 9. The van der Waals surface area contributed by atoms with E-state index in [0.717, 1.165) is 65.9 Å². The summed E-state index contributed by atoms with van der Waals surface area (Å²) in [6.45, 7) is 0. The molecule has 11 rings (SSSR count). The molecule has 0 amide bonds. The number of hydrogen-bond acceptors (Lipinski definition) is 4. The van der Waals surface area contributed by atoms with Gasteiger partial charge in [-0.3, -0.25) is 0 Å². The fourth-order valence-corrected chi connectivity index (χ4v) is 8.60. The maximum atomic E-state index is 9.91. The van der Waals surface area contributed by atoms with Crippen LogP contribution in [0.25, 0.3) is 109 Å². The first-order valence-electron chi connectivity index (χ1n) is 21.0. The Morgan fingerprint density at radius 2 is 0.927 bits per heavy atom. The number of fused-ring (bicyclic) bond motifs is 9. The van der Waals surface area contributed by atoms with Crippen molar-refractivity contribution in [2.45, 2.75) is 0 Å². The molecule has 0 atom stereocenters. The molecular formula is C51H31N3S. The number of hydrogen-bond donors (Lipinski definition) is 0. The van der Waals surface area contributed by atoms with Crippen molar-refractivity contribution in [3.63, 3.8) is 0 Å². The summed E-state index contributed by atoms with van der Waals surface area (Å²) >= 11 is 1.10. The highest BCUT2D eigenvalue weighted by molar-refractivity contribution is 7.26. The van der Waals surface area contributed by atoms with Crippen molar-refractivity contribution >= 4 is 63.8 Å². The van der Waals surface area contributed by atoms with E-state index in [1.54, 1.807) is 0 Å². The van der Waals surface area contributed by atoms with E-state index < -0.39 is 0 Å². The van der Waals surface area contributed by atoms with E-state index in [4.69, 9.17) is 17.7 Å². The summed E-state index contributed by atoms with van der Waals surface area (Å²) in [6.07, 6.45) is 0. The fourth-order valence-electron chi connectivity index (χ4n) is 7.63. The highest BCUT2D eigenvalue weighted by Crippen LogP contribution is 2.43. The average Bonchev–Trinajstić information content (AvgIpc) is 3.72. The highest BCUT2D eigenvalue weighted by Gasteiger charge is 2.18. The van der Waals surface area contributed by atoms with Gasteiger partial charge in [-0.1, -0.05) is 158 Å². The summed E-state index contributed by atoms with van der Waals surface area (Å²) in [5.74, 6) is 0.827. The lowest BCUT2D eigenvalue weighted by Crippen LogP contribution is -2.00. The van der Waals surface area contributed by atoms with Crippen LogP contribution in [0.3, 0.4) is 0 Å². The van der Waals surface area contributed by atoms with Crippen LogP contribution in [0.2, 0.25) is 0 Å². The molecule has 2 heterocycles. The topological polar surface area (TPSA) is 38.7 Å². The minimum Gasteiger partial charge on any atom is -0.208 e. The van der Waals surface area contributed by atoms with Crippen molar-refractivity contribution in [1.82, 2.24) is 15.0 Å². The Morgan fingerprint density at radius 3 is 1.65 bits per heavy atom. The highest BCUT2D eigenvalue weighted by atomic mass is 32.1. The van der Waals surface area contributed by atoms with Gasteiger partial charge in [-0.05, 0) is 84.8 Å².